The minimum Gasteiger partial charge on any atom is -0.462 e. The average Bonchev–Trinajstić information content (AvgIpc) is 3.50. The van der Waals surface area contributed by atoms with E-state index in [1.807, 2.05) is 0 Å². The summed E-state index contributed by atoms with van der Waals surface area (Å²) in [6.07, 6.45) is 73.0. The number of esters is 3. The standard InChI is InChI=1S/C70H127O11P/c1-4-7-10-13-16-19-22-25-28-31-33-36-39-42-45-48-51-54-57-60-69(73)80-66(62-71)64-78-82(75,76)79-65-67(63-77-68(72)59-56-53-50-47-44-41-38-35-30-27-24-21-18-15-12-9-6-3)81-70(74)61-58-55-52-49-46-43-40-37-34-32-29-26-23-20-17-14-11-8-5-2/h16-17,19-20,25-26,28-29,34,37,66-67,71H,4-15,18,21-24,27,30-33,35-36,38-65H2,1-3H3,(H,75,76)/b19-16-,20-17-,28-25-,29-26-,37-34-. The average molecular weight is 1180 g/mol. The summed E-state index contributed by atoms with van der Waals surface area (Å²) < 4.78 is 39.8. The van der Waals surface area contributed by atoms with Crippen LogP contribution >= 0.6 is 7.82 Å². The van der Waals surface area contributed by atoms with Crippen LogP contribution in [0.3, 0.4) is 0 Å². The largest absolute Gasteiger partial charge is 0.472 e. The number of aliphatic hydroxyl groups excluding tert-OH is 1. The molecule has 3 atom stereocenters. The van der Waals surface area contributed by atoms with Crippen molar-refractivity contribution < 1.29 is 52.2 Å². The van der Waals surface area contributed by atoms with Gasteiger partial charge in [0.25, 0.3) is 0 Å². The second-order valence-electron chi connectivity index (χ2n) is 23.0. The van der Waals surface area contributed by atoms with Gasteiger partial charge >= 0.3 is 25.7 Å². The maximum Gasteiger partial charge on any atom is 0.472 e. The van der Waals surface area contributed by atoms with Crippen LogP contribution in [0.2, 0.25) is 0 Å². The minimum atomic E-state index is -4.76. The lowest BCUT2D eigenvalue weighted by Gasteiger charge is -2.21. The van der Waals surface area contributed by atoms with Crippen LogP contribution in [0.5, 0.6) is 0 Å². The van der Waals surface area contributed by atoms with E-state index in [4.69, 9.17) is 23.3 Å². The van der Waals surface area contributed by atoms with Crippen LogP contribution in [-0.4, -0.2) is 66.5 Å². The minimum absolute atomic E-state index is 0.155. The van der Waals surface area contributed by atoms with Crippen molar-refractivity contribution in [1.29, 1.82) is 0 Å². The topological polar surface area (TPSA) is 155 Å². The Kier molecular flexibility index (Phi) is 62.0. The molecule has 0 aromatic rings. The number of allylic oxidation sites excluding steroid dienone is 10. The van der Waals surface area contributed by atoms with Crippen LogP contribution in [0.4, 0.5) is 0 Å². The molecular formula is C70H127O11P. The van der Waals surface area contributed by atoms with Crippen molar-refractivity contribution in [2.24, 2.45) is 0 Å². The summed E-state index contributed by atoms with van der Waals surface area (Å²) in [5.41, 5.74) is 0. The molecular weight excluding hydrogens is 1050 g/mol. The van der Waals surface area contributed by atoms with Crippen molar-refractivity contribution in [2.75, 3.05) is 26.4 Å². The van der Waals surface area contributed by atoms with E-state index < -0.39 is 57.8 Å². The first kappa shape index (κ1) is 79.2. The quantitative estimate of drug-likeness (QED) is 0.0197. The molecule has 0 aromatic heterocycles. The number of carbonyl (C=O) groups is 3. The van der Waals surface area contributed by atoms with Crippen LogP contribution in [0, 0.1) is 0 Å². The first-order chi connectivity index (χ1) is 40.2. The van der Waals surface area contributed by atoms with E-state index in [-0.39, 0.29) is 25.9 Å². The molecule has 0 amide bonds. The molecule has 82 heavy (non-hydrogen) atoms. The van der Waals surface area contributed by atoms with E-state index in [0.717, 1.165) is 103 Å². The second-order valence-corrected chi connectivity index (χ2v) is 24.4. The number of phosphoric ester groups is 1. The summed E-state index contributed by atoms with van der Waals surface area (Å²) in [7, 11) is -4.76. The van der Waals surface area contributed by atoms with E-state index in [9.17, 15) is 28.9 Å². The maximum atomic E-state index is 13.0. The van der Waals surface area contributed by atoms with E-state index in [1.165, 1.54) is 167 Å². The van der Waals surface area contributed by atoms with Crippen molar-refractivity contribution in [2.45, 2.75) is 341 Å². The van der Waals surface area contributed by atoms with Gasteiger partial charge in [-0.05, 0) is 89.9 Å². The van der Waals surface area contributed by atoms with E-state index in [1.54, 1.807) is 0 Å². The van der Waals surface area contributed by atoms with Gasteiger partial charge in [0, 0.05) is 19.3 Å². The van der Waals surface area contributed by atoms with E-state index >= 15 is 0 Å². The molecule has 0 bridgehead atoms. The molecule has 0 spiro atoms. The van der Waals surface area contributed by atoms with Crippen molar-refractivity contribution >= 4 is 25.7 Å². The van der Waals surface area contributed by atoms with Gasteiger partial charge in [-0.2, -0.15) is 0 Å². The zero-order valence-electron chi connectivity index (χ0n) is 53.2. The maximum absolute atomic E-state index is 13.0. The molecule has 0 aliphatic heterocycles. The Balaban J connectivity index is 4.67. The van der Waals surface area contributed by atoms with Gasteiger partial charge in [-0.3, -0.25) is 23.4 Å². The summed E-state index contributed by atoms with van der Waals surface area (Å²) in [4.78, 5) is 48.9. The van der Waals surface area contributed by atoms with Crippen LogP contribution in [-0.2, 0) is 42.2 Å². The predicted octanol–water partition coefficient (Wildman–Crippen LogP) is 21.0. The molecule has 0 saturated carbocycles. The van der Waals surface area contributed by atoms with E-state index in [0.29, 0.717) is 19.3 Å². The van der Waals surface area contributed by atoms with Crippen LogP contribution in [0.1, 0.15) is 329 Å². The Morgan fingerprint density at radius 1 is 0.341 bits per heavy atom. The number of rotatable bonds is 64. The van der Waals surface area contributed by atoms with Gasteiger partial charge < -0.3 is 24.2 Å². The molecule has 0 saturated heterocycles. The molecule has 0 aliphatic rings. The number of ether oxygens (including phenoxy) is 3. The highest BCUT2D eigenvalue weighted by Crippen LogP contribution is 2.43. The Morgan fingerprint density at radius 3 is 0.939 bits per heavy atom. The highest BCUT2D eigenvalue weighted by atomic mass is 31.2. The van der Waals surface area contributed by atoms with Gasteiger partial charge in [-0.25, -0.2) is 4.57 Å². The zero-order valence-corrected chi connectivity index (χ0v) is 54.1. The molecule has 3 unspecified atom stereocenters. The van der Waals surface area contributed by atoms with Crippen LogP contribution < -0.4 is 0 Å². The highest BCUT2D eigenvalue weighted by molar-refractivity contribution is 7.47. The van der Waals surface area contributed by atoms with Gasteiger partial charge in [0.2, 0.25) is 0 Å². The monoisotopic (exact) mass is 1170 g/mol. The summed E-state index contributed by atoms with van der Waals surface area (Å²) in [5, 5.41) is 9.88. The second kappa shape index (κ2) is 64.2. The van der Waals surface area contributed by atoms with Gasteiger partial charge in [0.05, 0.1) is 19.8 Å². The van der Waals surface area contributed by atoms with Crippen LogP contribution in [0.25, 0.3) is 0 Å². The van der Waals surface area contributed by atoms with Crippen molar-refractivity contribution in [3.05, 3.63) is 60.8 Å². The molecule has 0 rings (SSSR count). The third kappa shape index (κ3) is 61.7. The number of unbranched alkanes of at least 4 members (excludes halogenated alkanes) is 37. The third-order valence-electron chi connectivity index (χ3n) is 14.9. The summed E-state index contributed by atoms with van der Waals surface area (Å²) in [6, 6.07) is 0. The van der Waals surface area contributed by atoms with Crippen LogP contribution in [0.15, 0.2) is 60.8 Å². The summed E-state index contributed by atoms with van der Waals surface area (Å²) >= 11 is 0. The number of aliphatic hydroxyl groups is 1. The molecule has 0 aliphatic carbocycles. The highest BCUT2D eigenvalue weighted by Gasteiger charge is 2.28. The molecule has 11 nitrogen and oxygen atoms in total. The lowest BCUT2D eigenvalue weighted by Crippen LogP contribution is -2.30. The number of hydrogen-bond acceptors (Lipinski definition) is 10. The fourth-order valence-corrected chi connectivity index (χ4v) is 10.5. The zero-order chi connectivity index (χ0) is 59.8. The predicted molar refractivity (Wildman–Crippen MR) is 344 cm³/mol. The number of carbonyl (C=O) groups excluding carboxylic acids is 3. The molecule has 2 N–H and O–H groups in total. The summed E-state index contributed by atoms with van der Waals surface area (Å²) in [5.74, 6) is -1.46. The lowest BCUT2D eigenvalue weighted by atomic mass is 10.0. The number of hydrogen-bond donors (Lipinski definition) is 2. The smallest absolute Gasteiger partial charge is 0.462 e. The normalized spacial score (nSPS) is 13.6. The molecule has 0 fully saturated rings. The van der Waals surface area contributed by atoms with E-state index in [2.05, 4.69) is 81.5 Å². The molecule has 0 radical (unpaired) electrons. The van der Waals surface area contributed by atoms with Gasteiger partial charge in [-0.1, -0.05) is 281 Å². The summed E-state index contributed by atoms with van der Waals surface area (Å²) in [6.45, 7) is 4.65. The lowest BCUT2D eigenvalue weighted by molar-refractivity contribution is -0.161. The first-order valence-corrected chi connectivity index (χ1v) is 35.7. The SMILES string of the molecule is CCCCC/C=C\C/C=C\C/C=C\CCCCCCCCC(=O)OC(COC(=O)CCCCCCCCCCCCCCCCCCC)COP(=O)(O)OCC(CO)OC(=O)CCCCCCCCCCC/C=C\C/C=C\CCCCC. The van der Waals surface area contributed by atoms with Crippen molar-refractivity contribution in [3.63, 3.8) is 0 Å². The molecule has 478 valence electrons. The third-order valence-corrected chi connectivity index (χ3v) is 15.9. The fourth-order valence-electron chi connectivity index (χ4n) is 9.69. The Hall–Kier alpha value is -2.82. The van der Waals surface area contributed by atoms with Gasteiger partial charge in [0.1, 0.15) is 12.7 Å². The van der Waals surface area contributed by atoms with Gasteiger partial charge in [-0.15, -0.1) is 0 Å². The Labute approximate surface area is 504 Å². The fraction of sp³-hybridized carbons (Fsp3) is 0.814. The Bertz CT molecular complexity index is 1610. The first-order valence-electron chi connectivity index (χ1n) is 34.2. The molecule has 0 aromatic carbocycles. The van der Waals surface area contributed by atoms with Crippen molar-refractivity contribution in [1.82, 2.24) is 0 Å². The van der Waals surface area contributed by atoms with Crippen molar-refractivity contribution in [3.8, 4) is 0 Å². The van der Waals surface area contributed by atoms with Gasteiger partial charge in [0.15, 0.2) is 6.10 Å². The number of phosphoric acid groups is 1. The molecule has 12 heteroatoms. The molecule has 0 heterocycles. The Morgan fingerprint density at radius 2 is 0.598 bits per heavy atom.